The van der Waals surface area contributed by atoms with Gasteiger partial charge in [-0.1, -0.05) is 23.2 Å². The minimum atomic E-state index is -0.349. The van der Waals surface area contributed by atoms with Crippen molar-refractivity contribution in [3.05, 3.63) is 50.9 Å². The van der Waals surface area contributed by atoms with Gasteiger partial charge in [-0.3, -0.25) is 4.79 Å². The molecular formula is C15H17Cl2N3OS. The molecule has 118 valence electrons. The summed E-state index contributed by atoms with van der Waals surface area (Å²) in [7, 11) is 0. The fourth-order valence-electron chi connectivity index (χ4n) is 1.92. The number of hydrogen-bond acceptors (Lipinski definition) is 4. The Kier molecular flexibility index (Phi) is 6.61. The fraction of sp³-hybridized carbons (Fsp3) is 0.333. The highest BCUT2D eigenvalue weighted by Gasteiger charge is 2.10. The summed E-state index contributed by atoms with van der Waals surface area (Å²) in [4.78, 5) is 12.3. The predicted octanol–water partition coefficient (Wildman–Crippen LogP) is 4.09. The first kappa shape index (κ1) is 17.2. The lowest BCUT2D eigenvalue weighted by atomic mass is 10.3. The number of unbranched alkanes of at least 4 members (excludes halogenated alkanes) is 1. The maximum atomic E-state index is 12.3. The fourth-order valence-corrected chi connectivity index (χ4v) is 2.73. The van der Waals surface area contributed by atoms with Crippen molar-refractivity contribution in [1.29, 1.82) is 0 Å². The Balaban J connectivity index is 2.12. The van der Waals surface area contributed by atoms with E-state index < -0.39 is 0 Å². The van der Waals surface area contributed by atoms with Crippen molar-refractivity contribution in [2.24, 2.45) is 0 Å². The number of hydrogen-bond donors (Lipinski definition) is 1. The SMILES string of the molecule is CSCCCCNc1cnn(-c2ccc(Cl)cc2)c(=O)c1Cl. The Labute approximate surface area is 143 Å². The first-order chi connectivity index (χ1) is 10.6. The van der Waals surface area contributed by atoms with E-state index in [1.165, 1.54) is 4.68 Å². The average molecular weight is 358 g/mol. The van der Waals surface area contributed by atoms with Crippen LogP contribution in [0.1, 0.15) is 12.8 Å². The van der Waals surface area contributed by atoms with Gasteiger partial charge in [0.25, 0.3) is 5.56 Å². The van der Waals surface area contributed by atoms with Crippen LogP contribution in [-0.4, -0.2) is 28.3 Å². The smallest absolute Gasteiger partial charge is 0.292 e. The molecule has 1 N–H and O–H groups in total. The molecule has 0 aliphatic carbocycles. The van der Waals surface area contributed by atoms with Crippen molar-refractivity contribution in [3.8, 4) is 5.69 Å². The van der Waals surface area contributed by atoms with Crippen LogP contribution in [0.2, 0.25) is 10.0 Å². The Morgan fingerprint density at radius 3 is 2.64 bits per heavy atom. The summed E-state index contributed by atoms with van der Waals surface area (Å²) in [6, 6.07) is 6.86. The van der Waals surface area contributed by atoms with Gasteiger partial charge in [-0.05, 0) is 49.1 Å². The van der Waals surface area contributed by atoms with Crippen molar-refractivity contribution in [1.82, 2.24) is 9.78 Å². The third-order valence-electron chi connectivity index (χ3n) is 3.08. The number of thioether (sulfide) groups is 1. The Morgan fingerprint density at radius 1 is 1.23 bits per heavy atom. The predicted molar refractivity (Wildman–Crippen MR) is 96.0 cm³/mol. The summed E-state index contributed by atoms with van der Waals surface area (Å²) in [5, 5.41) is 8.08. The largest absolute Gasteiger partial charge is 0.382 e. The lowest BCUT2D eigenvalue weighted by Gasteiger charge is -2.10. The molecule has 0 amide bonds. The van der Waals surface area contributed by atoms with Crippen LogP contribution in [0.3, 0.4) is 0 Å². The topological polar surface area (TPSA) is 46.9 Å². The van der Waals surface area contributed by atoms with Gasteiger partial charge in [0, 0.05) is 11.6 Å². The van der Waals surface area contributed by atoms with Crippen LogP contribution < -0.4 is 10.9 Å². The van der Waals surface area contributed by atoms with Crippen molar-refractivity contribution < 1.29 is 0 Å². The maximum Gasteiger partial charge on any atom is 0.292 e. The highest BCUT2D eigenvalue weighted by molar-refractivity contribution is 7.98. The molecule has 2 rings (SSSR count). The van der Waals surface area contributed by atoms with Gasteiger partial charge in [-0.2, -0.15) is 21.5 Å². The van der Waals surface area contributed by atoms with Crippen LogP contribution in [0, 0.1) is 0 Å². The van der Waals surface area contributed by atoms with Crippen molar-refractivity contribution in [3.63, 3.8) is 0 Å². The first-order valence-corrected chi connectivity index (χ1v) is 9.05. The number of aromatic nitrogens is 2. The Morgan fingerprint density at radius 2 is 1.95 bits per heavy atom. The molecule has 0 atom stereocenters. The molecule has 0 aliphatic heterocycles. The van der Waals surface area contributed by atoms with Crippen LogP contribution in [0.5, 0.6) is 0 Å². The monoisotopic (exact) mass is 357 g/mol. The molecule has 1 aromatic carbocycles. The van der Waals surface area contributed by atoms with E-state index in [0.29, 0.717) is 16.4 Å². The normalized spacial score (nSPS) is 10.7. The van der Waals surface area contributed by atoms with Crippen molar-refractivity contribution >= 4 is 40.7 Å². The van der Waals surface area contributed by atoms with Gasteiger partial charge in [-0.15, -0.1) is 0 Å². The van der Waals surface area contributed by atoms with Gasteiger partial charge in [0.05, 0.1) is 17.6 Å². The highest BCUT2D eigenvalue weighted by Crippen LogP contribution is 2.17. The van der Waals surface area contributed by atoms with E-state index in [1.54, 1.807) is 30.5 Å². The lowest BCUT2D eigenvalue weighted by molar-refractivity contribution is 0.801. The Hall–Kier alpha value is -1.17. The van der Waals surface area contributed by atoms with E-state index in [9.17, 15) is 4.79 Å². The summed E-state index contributed by atoms with van der Waals surface area (Å²) in [5.41, 5.74) is 0.849. The second kappa shape index (κ2) is 8.46. The van der Waals surface area contributed by atoms with E-state index in [1.807, 2.05) is 11.8 Å². The molecule has 0 radical (unpaired) electrons. The first-order valence-electron chi connectivity index (χ1n) is 6.90. The van der Waals surface area contributed by atoms with Crippen LogP contribution in [0.4, 0.5) is 5.69 Å². The molecule has 0 saturated carbocycles. The molecule has 22 heavy (non-hydrogen) atoms. The van der Waals surface area contributed by atoms with E-state index in [-0.39, 0.29) is 10.6 Å². The maximum absolute atomic E-state index is 12.3. The summed E-state index contributed by atoms with van der Waals surface area (Å²) in [5.74, 6) is 1.13. The van der Waals surface area contributed by atoms with Gasteiger partial charge in [0.1, 0.15) is 5.02 Å². The molecular weight excluding hydrogens is 341 g/mol. The number of rotatable bonds is 7. The van der Waals surface area contributed by atoms with Crippen LogP contribution in [0.25, 0.3) is 5.69 Å². The minimum Gasteiger partial charge on any atom is -0.382 e. The molecule has 1 aromatic heterocycles. The average Bonchev–Trinajstić information content (AvgIpc) is 2.52. The van der Waals surface area contributed by atoms with E-state index in [4.69, 9.17) is 23.2 Å². The molecule has 1 heterocycles. The van der Waals surface area contributed by atoms with Crippen LogP contribution >= 0.6 is 35.0 Å². The zero-order valence-corrected chi connectivity index (χ0v) is 14.5. The van der Waals surface area contributed by atoms with Gasteiger partial charge in [0.15, 0.2) is 0 Å². The molecule has 0 aliphatic rings. The second-order valence-corrected chi connectivity index (χ2v) is 6.49. The zero-order chi connectivity index (χ0) is 15.9. The molecule has 0 spiro atoms. The second-order valence-electron chi connectivity index (χ2n) is 4.69. The minimum absolute atomic E-state index is 0.148. The van der Waals surface area contributed by atoms with Gasteiger partial charge in [-0.25, -0.2) is 0 Å². The number of anilines is 1. The van der Waals surface area contributed by atoms with Crippen molar-refractivity contribution in [2.45, 2.75) is 12.8 Å². The lowest BCUT2D eigenvalue weighted by Crippen LogP contribution is -2.22. The molecule has 0 unspecified atom stereocenters. The zero-order valence-electron chi connectivity index (χ0n) is 12.2. The van der Waals surface area contributed by atoms with Gasteiger partial charge >= 0.3 is 0 Å². The van der Waals surface area contributed by atoms with E-state index in [0.717, 1.165) is 25.1 Å². The quantitative estimate of drug-likeness (QED) is 0.758. The summed E-state index contributed by atoms with van der Waals surface area (Å²) < 4.78 is 1.26. The van der Waals surface area contributed by atoms with Gasteiger partial charge in [0.2, 0.25) is 0 Å². The van der Waals surface area contributed by atoms with E-state index >= 15 is 0 Å². The molecule has 0 bridgehead atoms. The van der Waals surface area contributed by atoms with Crippen molar-refractivity contribution in [2.75, 3.05) is 23.9 Å². The van der Waals surface area contributed by atoms with E-state index in [2.05, 4.69) is 16.7 Å². The summed E-state index contributed by atoms with van der Waals surface area (Å²) in [6.45, 7) is 0.770. The van der Waals surface area contributed by atoms with Crippen LogP contribution in [-0.2, 0) is 0 Å². The summed E-state index contributed by atoms with van der Waals surface area (Å²) >= 11 is 13.8. The number of nitrogens with zero attached hydrogens (tertiary/aromatic N) is 2. The third-order valence-corrected chi connectivity index (χ3v) is 4.39. The molecule has 0 fully saturated rings. The molecule has 2 aromatic rings. The molecule has 0 saturated heterocycles. The van der Waals surface area contributed by atoms with Crippen LogP contribution in [0.15, 0.2) is 35.3 Å². The third kappa shape index (κ3) is 4.41. The highest BCUT2D eigenvalue weighted by atomic mass is 35.5. The number of halogens is 2. The standard InChI is InChI=1S/C15H17Cl2N3OS/c1-22-9-3-2-8-18-13-10-19-20(15(21)14(13)17)12-6-4-11(16)5-7-12/h4-7,10,18H,2-3,8-9H2,1H3. The molecule has 7 heteroatoms. The Bertz CT molecular complexity index is 673. The number of benzene rings is 1. The van der Waals surface area contributed by atoms with Gasteiger partial charge < -0.3 is 5.32 Å². The molecule has 4 nitrogen and oxygen atoms in total. The summed E-state index contributed by atoms with van der Waals surface area (Å²) in [6.07, 6.45) is 5.82. The number of nitrogens with one attached hydrogen (secondary N) is 1.